The second kappa shape index (κ2) is 8.41. The lowest BCUT2D eigenvalue weighted by Crippen LogP contribution is -2.46. The molecule has 1 saturated heterocycles. The number of hydrogen-bond donors (Lipinski definition) is 2. The number of carbonyl (C=O) groups excluding carboxylic acids is 3. The van der Waals surface area contributed by atoms with Gasteiger partial charge < -0.3 is 14.5 Å². The molecule has 2 N–H and O–H groups in total. The molecule has 0 unspecified atom stereocenters. The van der Waals surface area contributed by atoms with Gasteiger partial charge in [0.15, 0.2) is 0 Å². The molecule has 4 rings (SSSR count). The molecular weight excluding hydrogens is 402 g/mol. The quantitative estimate of drug-likeness (QED) is 0.569. The van der Waals surface area contributed by atoms with Crippen LogP contribution in [0.5, 0.6) is 0 Å². The first kappa shape index (κ1) is 20.9. The van der Waals surface area contributed by atoms with Crippen LogP contribution in [0, 0.1) is 0 Å². The van der Waals surface area contributed by atoms with Gasteiger partial charge in [0.05, 0.1) is 13.2 Å². The second-order valence-electron chi connectivity index (χ2n) is 7.96. The van der Waals surface area contributed by atoms with Crippen LogP contribution in [-0.4, -0.2) is 35.1 Å². The van der Waals surface area contributed by atoms with Crippen molar-refractivity contribution in [1.82, 2.24) is 10.2 Å². The van der Waals surface area contributed by atoms with Crippen molar-refractivity contribution in [1.29, 1.82) is 0 Å². The van der Waals surface area contributed by atoms with Crippen molar-refractivity contribution >= 4 is 34.7 Å². The summed E-state index contributed by atoms with van der Waals surface area (Å²) < 4.78 is 10.1. The van der Waals surface area contributed by atoms with Gasteiger partial charge in [-0.25, -0.2) is 14.4 Å². The van der Waals surface area contributed by atoms with Crippen molar-refractivity contribution in [2.45, 2.75) is 57.5 Å². The highest BCUT2D eigenvalue weighted by Crippen LogP contribution is 2.34. The molecule has 2 aliphatic rings. The van der Waals surface area contributed by atoms with E-state index >= 15 is 0 Å². The number of nitrogens with one attached hydrogen (secondary N) is 2. The molecule has 1 aromatic carbocycles. The van der Waals surface area contributed by atoms with Crippen LogP contribution in [0.1, 0.15) is 51.0 Å². The number of carbonyl (C=O) groups is 3. The van der Waals surface area contributed by atoms with Crippen molar-refractivity contribution < 1.29 is 23.5 Å². The van der Waals surface area contributed by atoms with E-state index in [-0.39, 0.29) is 24.6 Å². The van der Waals surface area contributed by atoms with Crippen LogP contribution in [0.15, 0.2) is 33.5 Å². The summed E-state index contributed by atoms with van der Waals surface area (Å²) in [6, 6.07) is 5.68. The van der Waals surface area contributed by atoms with Crippen LogP contribution in [0.4, 0.5) is 15.3 Å². The summed E-state index contributed by atoms with van der Waals surface area (Å²) in [6.07, 6.45) is 4.55. The Kier molecular flexibility index (Phi) is 5.67. The zero-order chi connectivity index (χ0) is 22.0. The summed E-state index contributed by atoms with van der Waals surface area (Å²) in [5.74, 6) is -0.235. The Bertz CT molecular complexity index is 1080. The minimum Gasteiger partial charge on any atom is -0.450 e. The van der Waals surface area contributed by atoms with Crippen molar-refractivity contribution in [2.24, 2.45) is 0 Å². The molecule has 9 heteroatoms. The Morgan fingerprint density at radius 1 is 1.16 bits per heavy atom. The third-order valence-electron chi connectivity index (χ3n) is 5.88. The second-order valence-corrected chi connectivity index (χ2v) is 7.96. The first-order valence-electron chi connectivity index (χ1n) is 10.6. The Morgan fingerprint density at radius 2 is 1.90 bits per heavy atom. The van der Waals surface area contributed by atoms with Gasteiger partial charge in [-0.2, -0.15) is 0 Å². The molecule has 164 valence electrons. The molecule has 2 fully saturated rings. The van der Waals surface area contributed by atoms with E-state index in [2.05, 4.69) is 10.6 Å². The Labute approximate surface area is 178 Å². The van der Waals surface area contributed by atoms with Crippen LogP contribution >= 0.6 is 0 Å². The van der Waals surface area contributed by atoms with E-state index in [1.165, 1.54) is 17.0 Å². The third kappa shape index (κ3) is 4.12. The number of nitrogens with zero attached hydrogens (tertiary/aromatic N) is 1. The van der Waals surface area contributed by atoms with Gasteiger partial charge in [0.1, 0.15) is 11.1 Å². The molecular formula is C22H25N3O6. The molecule has 2 heterocycles. The summed E-state index contributed by atoms with van der Waals surface area (Å²) in [4.78, 5) is 50.8. The highest BCUT2D eigenvalue weighted by atomic mass is 16.5. The molecule has 1 saturated carbocycles. The van der Waals surface area contributed by atoms with Gasteiger partial charge in [0, 0.05) is 23.2 Å². The molecule has 31 heavy (non-hydrogen) atoms. The Morgan fingerprint density at radius 3 is 2.61 bits per heavy atom. The van der Waals surface area contributed by atoms with Crippen molar-refractivity contribution in [2.75, 3.05) is 11.9 Å². The van der Waals surface area contributed by atoms with Gasteiger partial charge in [-0.05, 0) is 37.5 Å². The fourth-order valence-electron chi connectivity index (χ4n) is 4.38. The number of fused-ring (bicyclic) bond motifs is 1. The minimum atomic E-state index is -0.834. The number of rotatable bonds is 4. The lowest BCUT2D eigenvalue weighted by molar-refractivity contribution is -0.132. The van der Waals surface area contributed by atoms with Gasteiger partial charge in [-0.1, -0.05) is 25.7 Å². The van der Waals surface area contributed by atoms with Crippen molar-refractivity contribution in [3.8, 4) is 0 Å². The summed E-state index contributed by atoms with van der Waals surface area (Å²) in [7, 11) is 0. The topological polar surface area (TPSA) is 118 Å². The van der Waals surface area contributed by atoms with E-state index in [9.17, 15) is 19.2 Å². The third-order valence-corrected chi connectivity index (χ3v) is 5.88. The van der Waals surface area contributed by atoms with Gasteiger partial charge in [-0.15, -0.1) is 0 Å². The molecule has 9 nitrogen and oxygen atoms in total. The van der Waals surface area contributed by atoms with Crippen LogP contribution in [-0.2, 0) is 16.1 Å². The number of amides is 4. The van der Waals surface area contributed by atoms with E-state index < -0.39 is 23.3 Å². The fourth-order valence-corrected chi connectivity index (χ4v) is 4.38. The van der Waals surface area contributed by atoms with E-state index in [0.29, 0.717) is 29.5 Å². The predicted octanol–water partition coefficient (Wildman–Crippen LogP) is 3.51. The highest BCUT2D eigenvalue weighted by Gasteiger charge is 2.50. The first-order chi connectivity index (χ1) is 14.9. The van der Waals surface area contributed by atoms with Crippen molar-refractivity contribution in [3.05, 3.63) is 40.2 Å². The fraction of sp³-hybridized carbons (Fsp3) is 0.455. The van der Waals surface area contributed by atoms with Crippen LogP contribution in [0.2, 0.25) is 0 Å². The smallest absolute Gasteiger partial charge is 0.411 e. The summed E-state index contributed by atoms with van der Waals surface area (Å²) in [6.45, 7) is 1.89. The van der Waals surface area contributed by atoms with E-state index in [1.54, 1.807) is 19.1 Å². The van der Waals surface area contributed by atoms with Gasteiger partial charge >= 0.3 is 17.7 Å². The molecule has 0 atom stereocenters. The van der Waals surface area contributed by atoms with Gasteiger partial charge in [0.2, 0.25) is 0 Å². The zero-order valence-corrected chi connectivity index (χ0v) is 17.4. The number of hydrogen-bond acceptors (Lipinski definition) is 6. The largest absolute Gasteiger partial charge is 0.450 e. The van der Waals surface area contributed by atoms with Crippen LogP contribution in [0.25, 0.3) is 11.0 Å². The molecule has 0 radical (unpaired) electrons. The maximum Gasteiger partial charge on any atom is 0.411 e. The predicted molar refractivity (Wildman–Crippen MR) is 113 cm³/mol. The number of anilines is 1. The minimum absolute atomic E-state index is 0.0286. The number of urea groups is 1. The maximum atomic E-state index is 13.2. The normalized spacial score (nSPS) is 18.2. The highest BCUT2D eigenvalue weighted by molar-refractivity contribution is 6.07. The molecule has 1 spiro atoms. The summed E-state index contributed by atoms with van der Waals surface area (Å²) >= 11 is 0. The standard InChI is InChI=1S/C22H25N3O6/c1-2-30-21(29)23-15-7-8-16-14(11-18(26)31-17(16)12-15)13-25-19(27)22(24-20(25)28)9-5-3-4-6-10-22/h7-8,11-12H,2-6,9-10,13H2,1H3,(H,23,29)(H,24,28). The number of ether oxygens (including phenoxy) is 1. The average Bonchev–Trinajstić information content (AvgIpc) is 2.88. The Balaban J connectivity index is 1.62. The van der Waals surface area contributed by atoms with Gasteiger partial charge in [-0.3, -0.25) is 15.0 Å². The Hall–Kier alpha value is -3.36. The summed E-state index contributed by atoms with van der Waals surface area (Å²) in [5.41, 5.74) is -0.290. The monoisotopic (exact) mass is 427 g/mol. The first-order valence-corrected chi connectivity index (χ1v) is 10.6. The molecule has 4 amide bonds. The van der Waals surface area contributed by atoms with Crippen LogP contribution in [0.3, 0.4) is 0 Å². The van der Waals surface area contributed by atoms with E-state index in [4.69, 9.17) is 9.15 Å². The van der Waals surface area contributed by atoms with Gasteiger partial charge in [0.25, 0.3) is 5.91 Å². The molecule has 1 aromatic heterocycles. The molecule has 1 aliphatic heterocycles. The zero-order valence-electron chi connectivity index (χ0n) is 17.4. The lowest BCUT2D eigenvalue weighted by atomic mass is 9.90. The van der Waals surface area contributed by atoms with Crippen LogP contribution < -0.4 is 16.3 Å². The SMILES string of the molecule is CCOC(=O)Nc1ccc2c(CN3C(=O)NC4(CCCCCC4)C3=O)cc(=O)oc2c1. The van der Waals surface area contributed by atoms with E-state index in [1.807, 2.05) is 0 Å². The average molecular weight is 427 g/mol. The van der Waals surface area contributed by atoms with E-state index in [0.717, 1.165) is 25.7 Å². The number of imide groups is 1. The summed E-state index contributed by atoms with van der Waals surface area (Å²) in [5, 5.41) is 6.04. The lowest BCUT2D eigenvalue weighted by Gasteiger charge is -2.24. The van der Waals surface area contributed by atoms with Crippen molar-refractivity contribution in [3.63, 3.8) is 0 Å². The molecule has 0 bridgehead atoms. The number of benzene rings is 1. The molecule has 2 aromatic rings. The maximum absolute atomic E-state index is 13.2. The molecule has 1 aliphatic carbocycles.